The lowest BCUT2D eigenvalue weighted by molar-refractivity contribution is 0.876. The third-order valence-electron chi connectivity index (χ3n) is 2.58. The Kier molecular flexibility index (Phi) is 3.03. The van der Waals surface area contributed by atoms with Crippen LogP contribution in [0.25, 0.3) is 10.8 Å². The molecule has 0 radical (unpaired) electrons. The molecule has 0 heterocycles. The fourth-order valence-corrected chi connectivity index (χ4v) is 2.46. The summed E-state index contributed by atoms with van der Waals surface area (Å²) in [7, 11) is 0. The summed E-state index contributed by atoms with van der Waals surface area (Å²) in [5.74, 6) is 0.513. The van der Waals surface area contributed by atoms with Gasteiger partial charge >= 0.3 is 0 Å². The second-order valence-corrected chi connectivity index (χ2v) is 5.27. The van der Waals surface area contributed by atoms with Gasteiger partial charge in [-0.05, 0) is 40.5 Å². The molecule has 0 saturated carbocycles. The average Bonchev–Trinajstić information content (AvgIpc) is 2.17. The highest BCUT2D eigenvalue weighted by molar-refractivity contribution is 9.10. The molecule has 0 aromatic heterocycles. The number of halogens is 2. The number of hydrogen-bond donors (Lipinski definition) is 0. The highest BCUT2D eigenvalue weighted by Gasteiger charge is 2.07. The molecule has 2 aromatic carbocycles. The molecule has 0 aliphatic carbocycles. The van der Waals surface area contributed by atoms with Crippen LogP contribution in [0.2, 0.25) is 5.02 Å². The summed E-state index contributed by atoms with van der Waals surface area (Å²) in [6.45, 7) is 4.40. The molecule has 2 rings (SSSR count). The van der Waals surface area contributed by atoms with Crippen LogP contribution in [0.5, 0.6) is 0 Å². The van der Waals surface area contributed by atoms with Gasteiger partial charge in [0.1, 0.15) is 0 Å². The van der Waals surface area contributed by atoms with Crippen LogP contribution < -0.4 is 0 Å². The van der Waals surface area contributed by atoms with E-state index in [1.54, 1.807) is 0 Å². The highest BCUT2D eigenvalue weighted by atomic mass is 79.9. The van der Waals surface area contributed by atoms with Crippen LogP contribution in [0.3, 0.4) is 0 Å². The van der Waals surface area contributed by atoms with E-state index in [2.05, 4.69) is 48.0 Å². The Morgan fingerprint density at radius 3 is 2.47 bits per heavy atom. The molecule has 0 atom stereocenters. The van der Waals surface area contributed by atoms with Crippen molar-refractivity contribution in [2.24, 2.45) is 0 Å². The fourth-order valence-electron chi connectivity index (χ4n) is 1.81. The van der Waals surface area contributed by atoms with Crippen molar-refractivity contribution in [3.8, 4) is 0 Å². The lowest BCUT2D eigenvalue weighted by Crippen LogP contribution is -1.89. The van der Waals surface area contributed by atoms with Crippen LogP contribution in [0.4, 0.5) is 0 Å². The third-order valence-corrected chi connectivity index (χ3v) is 3.51. The summed E-state index contributed by atoms with van der Waals surface area (Å²) in [6, 6.07) is 10.3. The maximum absolute atomic E-state index is 6.03. The molecule has 2 heteroatoms. The molecule has 2 aromatic rings. The van der Waals surface area contributed by atoms with Gasteiger partial charge in [0.25, 0.3) is 0 Å². The molecule has 15 heavy (non-hydrogen) atoms. The van der Waals surface area contributed by atoms with Gasteiger partial charge in [-0.15, -0.1) is 0 Å². The molecular weight excluding hydrogens is 272 g/mol. The van der Waals surface area contributed by atoms with Gasteiger partial charge in [-0.2, -0.15) is 0 Å². The first-order valence-corrected chi connectivity index (χ1v) is 6.14. The summed E-state index contributed by atoms with van der Waals surface area (Å²) in [5.41, 5.74) is 1.34. The molecule has 0 spiro atoms. The molecule has 0 unspecified atom stereocenters. The van der Waals surface area contributed by atoms with E-state index < -0.39 is 0 Å². The lowest BCUT2D eigenvalue weighted by Gasteiger charge is -2.11. The number of benzene rings is 2. The summed E-state index contributed by atoms with van der Waals surface area (Å²) < 4.78 is 1.12. The molecule has 0 bridgehead atoms. The van der Waals surface area contributed by atoms with Gasteiger partial charge in [-0.1, -0.05) is 53.5 Å². The first kappa shape index (κ1) is 11.0. The summed E-state index contributed by atoms with van der Waals surface area (Å²) >= 11 is 9.59. The van der Waals surface area contributed by atoms with E-state index in [1.807, 2.05) is 12.1 Å². The zero-order valence-corrected chi connectivity index (χ0v) is 11.1. The van der Waals surface area contributed by atoms with Crippen molar-refractivity contribution in [3.05, 3.63) is 45.4 Å². The minimum Gasteiger partial charge on any atom is -0.0843 e. The monoisotopic (exact) mass is 282 g/mol. The second-order valence-electron chi connectivity index (χ2n) is 3.98. The van der Waals surface area contributed by atoms with Crippen molar-refractivity contribution in [2.45, 2.75) is 19.8 Å². The van der Waals surface area contributed by atoms with E-state index >= 15 is 0 Å². The average molecular weight is 284 g/mol. The third kappa shape index (κ3) is 2.04. The maximum Gasteiger partial charge on any atom is 0.0412 e. The number of fused-ring (bicyclic) bond motifs is 1. The molecule has 0 aliphatic rings. The van der Waals surface area contributed by atoms with Crippen LogP contribution in [0.15, 0.2) is 34.8 Å². The first-order chi connectivity index (χ1) is 7.09. The van der Waals surface area contributed by atoms with Gasteiger partial charge < -0.3 is 0 Å². The largest absolute Gasteiger partial charge is 0.0843 e. The Morgan fingerprint density at radius 1 is 1.07 bits per heavy atom. The van der Waals surface area contributed by atoms with Gasteiger partial charge in [-0.3, -0.25) is 0 Å². The summed E-state index contributed by atoms with van der Waals surface area (Å²) in [4.78, 5) is 0. The number of hydrogen-bond acceptors (Lipinski definition) is 0. The molecular formula is C13H12BrCl. The standard InChI is InChI=1S/C13H12BrCl/c1-8(2)10-5-6-13(14)11-4-3-9(15)7-12(10)11/h3-8H,1-2H3. The van der Waals surface area contributed by atoms with Crippen molar-refractivity contribution in [3.63, 3.8) is 0 Å². The summed E-state index contributed by atoms with van der Waals surface area (Å²) in [5, 5.41) is 3.26. The predicted molar refractivity (Wildman–Crippen MR) is 70.7 cm³/mol. The predicted octanol–water partition coefficient (Wildman–Crippen LogP) is 5.38. The Bertz CT molecular complexity index is 503. The van der Waals surface area contributed by atoms with Crippen molar-refractivity contribution < 1.29 is 0 Å². The van der Waals surface area contributed by atoms with E-state index in [0.717, 1.165) is 9.50 Å². The smallest absolute Gasteiger partial charge is 0.0412 e. The van der Waals surface area contributed by atoms with Gasteiger partial charge in [-0.25, -0.2) is 0 Å². The van der Waals surface area contributed by atoms with Crippen LogP contribution in [0.1, 0.15) is 25.3 Å². The first-order valence-electron chi connectivity index (χ1n) is 4.97. The Morgan fingerprint density at radius 2 is 1.80 bits per heavy atom. The van der Waals surface area contributed by atoms with Crippen molar-refractivity contribution >= 4 is 38.3 Å². The van der Waals surface area contributed by atoms with Crippen LogP contribution in [0, 0.1) is 0 Å². The van der Waals surface area contributed by atoms with Gasteiger partial charge in [0, 0.05) is 9.50 Å². The lowest BCUT2D eigenvalue weighted by atomic mass is 9.96. The molecule has 0 N–H and O–H groups in total. The van der Waals surface area contributed by atoms with Crippen molar-refractivity contribution in [1.29, 1.82) is 0 Å². The minimum absolute atomic E-state index is 0.513. The van der Waals surface area contributed by atoms with E-state index in [4.69, 9.17) is 11.6 Å². The van der Waals surface area contributed by atoms with Crippen molar-refractivity contribution in [2.75, 3.05) is 0 Å². The van der Waals surface area contributed by atoms with E-state index in [0.29, 0.717) is 5.92 Å². The quantitative estimate of drug-likeness (QED) is 0.659. The SMILES string of the molecule is CC(C)c1ccc(Br)c2ccc(Cl)cc12. The highest BCUT2D eigenvalue weighted by Crippen LogP contribution is 2.32. The fraction of sp³-hybridized carbons (Fsp3) is 0.231. The molecule has 0 amide bonds. The number of rotatable bonds is 1. The molecule has 0 nitrogen and oxygen atoms in total. The van der Waals surface area contributed by atoms with Gasteiger partial charge in [0.05, 0.1) is 0 Å². The zero-order valence-electron chi connectivity index (χ0n) is 8.72. The molecule has 0 aliphatic heterocycles. The van der Waals surface area contributed by atoms with E-state index in [1.165, 1.54) is 16.3 Å². The minimum atomic E-state index is 0.513. The van der Waals surface area contributed by atoms with E-state index in [9.17, 15) is 0 Å². The van der Waals surface area contributed by atoms with Crippen LogP contribution in [-0.4, -0.2) is 0 Å². The van der Waals surface area contributed by atoms with Gasteiger partial charge in [0.15, 0.2) is 0 Å². The van der Waals surface area contributed by atoms with E-state index in [-0.39, 0.29) is 0 Å². The Hall–Kier alpha value is -0.530. The Labute approximate surface area is 103 Å². The normalized spacial score (nSPS) is 11.3. The Balaban J connectivity index is 2.84. The van der Waals surface area contributed by atoms with Crippen LogP contribution >= 0.6 is 27.5 Å². The van der Waals surface area contributed by atoms with Crippen molar-refractivity contribution in [1.82, 2.24) is 0 Å². The van der Waals surface area contributed by atoms with Crippen LogP contribution in [-0.2, 0) is 0 Å². The zero-order chi connectivity index (χ0) is 11.0. The molecule has 0 saturated heterocycles. The maximum atomic E-state index is 6.03. The summed E-state index contributed by atoms with van der Waals surface area (Å²) in [6.07, 6.45) is 0. The van der Waals surface area contributed by atoms with Gasteiger partial charge in [0.2, 0.25) is 0 Å². The second kappa shape index (κ2) is 4.15. The molecule has 0 fully saturated rings. The topological polar surface area (TPSA) is 0 Å². The molecule has 78 valence electrons.